The summed E-state index contributed by atoms with van der Waals surface area (Å²) in [6.07, 6.45) is -3.40. The highest BCUT2D eigenvalue weighted by molar-refractivity contribution is 5.77. The summed E-state index contributed by atoms with van der Waals surface area (Å²) < 4.78 is 42.8. The van der Waals surface area contributed by atoms with Gasteiger partial charge in [-0.2, -0.15) is 23.3 Å². The van der Waals surface area contributed by atoms with Gasteiger partial charge in [0, 0.05) is 17.5 Å². The summed E-state index contributed by atoms with van der Waals surface area (Å²) in [5.74, 6) is -0.159. The molecule has 1 amide bonds. The average molecular weight is 380 g/mol. The number of nitrogens with zero attached hydrogens (tertiary/aromatic N) is 5. The summed E-state index contributed by atoms with van der Waals surface area (Å²) in [7, 11) is 0. The normalized spacial score (nSPS) is 11.6. The van der Waals surface area contributed by atoms with Crippen LogP contribution in [0.2, 0.25) is 0 Å². The number of amides is 1. The zero-order valence-corrected chi connectivity index (χ0v) is 14.4. The third kappa shape index (κ3) is 4.68. The number of hydrogen-bond donors (Lipinski definition) is 1. The summed E-state index contributed by atoms with van der Waals surface area (Å²) in [6.45, 7) is 2.37. The molecule has 3 rings (SSSR count). The first-order valence-electron chi connectivity index (χ1n) is 7.87. The molecule has 0 aliphatic heterocycles. The number of rotatable bonds is 5. The maximum absolute atomic E-state index is 12.1. The van der Waals surface area contributed by atoms with E-state index in [9.17, 15) is 18.0 Å². The van der Waals surface area contributed by atoms with E-state index in [4.69, 9.17) is 4.52 Å². The first kappa shape index (κ1) is 18.5. The minimum absolute atomic E-state index is 0.0905. The monoisotopic (exact) mass is 380 g/mol. The molecule has 0 unspecified atom stereocenters. The van der Waals surface area contributed by atoms with E-state index in [1.807, 2.05) is 19.9 Å². The van der Waals surface area contributed by atoms with Gasteiger partial charge in [-0.15, -0.1) is 0 Å². The van der Waals surface area contributed by atoms with Gasteiger partial charge in [0.2, 0.25) is 17.6 Å². The molecule has 27 heavy (non-hydrogen) atoms. The summed E-state index contributed by atoms with van der Waals surface area (Å²) >= 11 is 0. The molecule has 0 aliphatic rings. The highest BCUT2D eigenvalue weighted by Crippen LogP contribution is 2.17. The van der Waals surface area contributed by atoms with Crippen molar-refractivity contribution in [2.75, 3.05) is 6.54 Å². The molecule has 8 nitrogen and oxygen atoms in total. The minimum atomic E-state index is -4.48. The molecular weight excluding hydrogens is 365 g/mol. The van der Waals surface area contributed by atoms with Gasteiger partial charge >= 0.3 is 6.18 Å². The summed E-state index contributed by atoms with van der Waals surface area (Å²) in [5.41, 5.74) is 2.33. The van der Waals surface area contributed by atoms with E-state index in [2.05, 4.69) is 20.2 Å². The number of pyridine rings is 1. The fourth-order valence-corrected chi connectivity index (χ4v) is 2.35. The molecule has 0 fully saturated rings. The SMILES string of the molecule is Cc1cc(C)n(-c2ccc(-c3noc(CC(=O)NCC(F)(F)F)n3)cn2)n1. The van der Waals surface area contributed by atoms with E-state index in [0.717, 1.165) is 11.4 Å². The lowest BCUT2D eigenvalue weighted by Crippen LogP contribution is -2.34. The highest BCUT2D eigenvalue weighted by Gasteiger charge is 2.28. The molecule has 0 atom stereocenters. The predicted molar refractivity (Wildman–Crippen MR) is 86.9 cm³/mol. The smallest absolute Gasteiger partial charge is 0.347 e. The zero-order valence-electron chi connectivity index (χ0n) is 14.4. The molecule has 0 radical (unpaired) electrons. The molecule has 0 aliphatic carbocycles. The van der Waals surface area contributed by atoms with Crippen LogP contribution in [-0.2, 0) is 11.2 Å². The summed E-state index contributed by atoms with van der Waals surface area (Å²) in [4.78, 5) is 19.8. The number of nitrogens with one attached hydrogen (secondary N) is 1. The first-order valence-corrected chi connectivity index (χ1v) is 7.87. The molecule has 142 valence electrons. The molecule has 3 aromatic heterocycles. The van der Waals surface area contributed by atoms with E-state index >= 15 is 0 Å². The zero-order chi connectivity index (χ0) is 19.6. The van der Waals surface area contributed by atoms with Crippen LogP contribution >= 0.6 is 0 Å². The van der Waals surface area contributed by atoms with Crippen LogP contribution < -0.4 is 5.32 Å². The van der Waals surface area contributed by atoms with Crippen LogP contribution in [-0.4, -0.2) is 43.5 Å². The third-order valence-corrected chi connectivity index (χ3v) is 3.50. The Bertz CT molecular complexity index is 946. The van der Waals surface area contributed by atoms with Crippen molar-refractivity contribution in [3.05, 3.63) is 41.7 Å². The van der Waals surface area contributed by atoms with Crippen LogP contribution in [0.15, 0.2) is 28.9 Å². The van der Waals surface area contributed by atoms with Crippen molar-refractivity contribution in [1.82, 2.24) is 30.2 Å². The largest absolute Gasteiger partial charge is 0.405 e. The lowest BCUT2D eigenvalue weighted by atomic mass is 10.2. The number of hydrogen-bond acceptors (Lipinski definition) is 6. The van der Waals surface area contributed by atoms with Crippen LogP contribution in [0.4, 0.5) is 13.2 Å². The Morgan fingerprint density at radius 3 is 2.67 bits per heavy atom. The van der Waals surface area contributed by atoms with Gasteiger partial charge in [0.25, 0.3) is 0 Å². The molecule has 0 spiro atoms. The maximum atomic E-state index is 12.1. The van der Waals surface area contributed by atoms with Crippen molar-refractivity contribution >= 4 is 5.91 Å². The van der Waals surface area contributed by atoms with Gasteiger partial charge in [-0.05, 0) is 32.0 Å². The number of carbonyl (C=O) groups is 1. The Hall–Kier alpha value is -3.24. The number of carbonyl (C=O) groups excluding carboxylic acids is 1. The lowest BCUT2D eigenvalue weighted by Gasteiger charge is -2.06. The summed E-state index contributed by atoms with van der Waals surface area (Å²) in [6, 6.07) is 5.35. The van der Waals surface area contributed by atoms with Gasteiger partial charge in [-0.1, -0.05) is 5.16 Å². The van der Waals surface area contributed by atoms with Gasteiger partial charge in [0.1, 0.15) is 13.0 Å². The van der Waals surface area contributed by atoms with Crippen molar-refractivity contribution in [1.29, 1.82) is 0 Å². The highest BCUT2D eigenvalue weighted by atomic mass is 19.4. The Balaban J connectivity index is 1.67. The number of halogens is 3. The Kier molecular flexibility index (Phi) is 4.93. The Morgan fingerprint density at radius 1 is 1.30 bits per heavy atom. The maximum Gasteiger partial charge on any atom is 0.405 e. The van der Waals surface area contributed by atoms with Crippen molar-refractivity contribution in [3.63, 3.8) is 0 Å². The standard InChI is InChI=1S/C16H15F3N6O2/c1-9-5-10(2)25(23-9)12-4-3-11(7-20-12)15-22-14(27-24-15)6-13(26)21-8-16(17,18)19/h3-5,7H,6,8H2,1-2H3,(H,21,26). The third-order valence-electron chi connectivity index (χ3n) is 3.50. The van der Waals surface area contributed by atoms with Crippen molar-refractivity contribution in [2.24, 2.45) is 0 Å². The summed E-state index contributed by atoms with van der Waals surface area (Å²) in [5, 5.41) is 9.80. The molecule has 0 saturated carbocycles. The van der Waals surface area contributed by atoms with Crippen LogP contribution in [0, 0.1) is 13.8 Å². The fraction of sp³-hybridized carbons (Fsp3) is 0.312. The lowest BCUT2D eigenvalue weighted by molar-refractivity contribution is -0.138. The molecule has 0 aromatic carbocycles. The van der Waals surface area contributed by atoms with E-state index < -0.39 is 25.0 Å². The second kappa shape index (κ2) is 7.17. The average Bonchev–Trinajstić information content (AvgIpc) is 3.19. The molecule has 11 heteroatoms. The Labute approximate surface area is 151 Å². The van der Waals surface area contributed by atoms with Gasteiger partial charge in [-0.25, -0.2) is 9.67 Å². The molecular formula is C16H15F3N6O2. The van der Waals surface area contributed by atoms with Crippen LogP contribution in [0.5, 0.6) is 0 Å². The van der Waals surface area contributed by atoms with Gasteiger partial charge in [0.15, 0.2) is 5.82 Å². The van der Waals surface area contributed by atoms with Gasteiger partial charge < -0.3 is 9.84 Å². The quantitative estimate of drug-likeness (QED) is 0.728. The molecule has 0 saturated heterocycles. The molecule has 0 bridgehead atoms. The second-order valence-electron chi connectivity index (χ2n) is 5.82. The molecule has 3 aromatic rings. The van der Waals surface area contributed by atoms with E-state index in [1.54, 1.807) is 22.1 Å². The molecule has 3 heterocycles. The topological polar surface area (TPSA) is 98.7 Å². The van der Waals surface area contributed by atoms with E-state index in [1.165, 1.54) is 6.20 Å². The van der Waals surface area contributed by atoms with Crippen molar-refractivity contribution in [2.45, 2.75) is 26.4 Å². The molecule has 1 N–H and O–H groups in total. The first-order chi connectivity index (χ1) is 12.7. The van der Waals surface area contributed by atoms with Gasteiger partial charge in [-0.3, -0.25) is 4.79 Å². The van der Waals surface area contributed by atoms with Crippen LogP contribution in [0.3, 0.4) is 0 Å². The number of aromatic nitrogens is 5. The van der Waals surface area contributed by atoms with Crippen molar-refractivity contribution < 1.29 is 22.5 Å². The number of aryl methyl sites for hydroxylation is 2. The van der Waals surface area contributed by atoms with E-state index in [0.29, 0.717) is 11.4 Å². The predicted octanol–water partition coefficient (Wildman–Crippen LogP) is 2.16. The van der Waals surface area contributed by atoms with Crippen LogP contribution in [0.1, 0.15) is 17.3 Å². The van der Waals surface area contributed by atoms with Crippen LogP contribution in [0.25, 0.3) is 17.2 Å². The van der Waals surface area contributed by atoms with Crippen molar-refractivity contribution in [3.8, 4) is 17.2 Å². The minimum Gasteiger partial charge on any atom is -0.347 e. The fourth-order valence-electron chi connectivity index (χ4n) is 2.35. The second-order valence-corrected chi connectivity index (χ2v) is 5.82. The Morgan fingerprint density at radius 2 is 2.07 bits per heavy atom. The van der Waals surface area contributed by atoms with E-state index in [-0.39, 0.29) is 11.7 Å². The van der Waals surface area contributed by atoms with Gasteiger partial charge in [0.05, 0.1) is 5.69 Å². The number of alkyl halides is 3.